The minimum atomic E-state index is -0.0665. The van der Waals surface area contributed by atoms with Crippen LogP contribution in [0.3, 0.4) is 0 Å². The summed E-state index contributed by atoms with van der Waals surface area (Å²) >= 11 is 0. The summed E-state index contributed by atoms with van der Waals surface area (Å²) in [6.45, 7) is 10.3. The molecule has 17 heavy (non-hydrogen) atoms. The van der Waals surface area contributed by atoms with Gasteiger partial charge in [0, 0.05) is 0 Å². The van der Waals surface area contributed by atoms with Crippen molar-refractivity contribution in [1.82, 2.24) is 0 Å². The summed E-state index contributed by atoms with van der Waals surface area (Å²) in [6, 6.07) is 0. The molecule has 2 heteroatoms. The van der Waals surface area contributed by atoms with Gasteiger partial charge < -0.3 is 9.84 Å². The van der Waals surface area contributed by atoms with Crippen LogP contribution in [0.25, 0.3) is 0 Å². The Hall–Kier alpha value is -1.02. The molecule has 1 aliphatic heterocycles. The highest BCUT2D eigenvalue weighted by atomic mass is 16.5. The summed E-state index contributed by atoms with van der Waals surface area (Å²) in [5.41, 5.74) is 4.15. The molecular weight excluding hydrogens is 212 g/mol. The van der Waals surface area contributed by atoms with E-state index in [2.05, 4.69) is 26.8 Å². The van der Waals surface area contributed by atoms with Crippen LogP contribution in [0.4, 0.5) is 0 Å². The third kappa shape index (κ3) is 1.85. The van der Waals surface area contributed by atoms with Crippen molar-refractivity contribution < 1.29 is 9.84 Å². The van der Waals surface area contributed by atoms with Crippen LogP contribution in [0.2, 0.25) is 0 Å². The number of ether oxygens (including phenoxy) is 1. The predicted octanol–water partition coefficient (Wildman–Crippen LogP) is 4.05. The summed E-state index contributed by atoms with van der Waals surface area (Å²) in [7, 11) is 0. The Morgan fingerprint density at radius 2 is 2.00 bits per heavy atom. The maximum atomic E-state index is 10.1. The average molecular weight is 234 g/mol. The Kier molecular flexibility index (Phi) is 2.94. The molecule has 94 valence electrons. The van der Waals surface area contributed by atoms with E-state index in [-0.39, 0.29) is 11.7 Å². The first-order valence-electron chi connectivity index (χ1n) is 6.35. The third-order valence-corrected chi connectivity index (χ3v) is 4.31. The second kappa shape index (κ2) is 4.02. The van der Waals surface area contributed by atoms with Crippen LogP contribution >= 0.6 is 0 Å². The van der Waals surface area contributed by atoms with Crippen molar-refractivity contribution in [2.24, 2.45) is 0 Å². The second-order valence-electron chi connectivity index (χ2n) is 5.45. The molecule has 2 unspecified atom stereocenters. The second-order valence-corrected chi connectivity index (χ2v) is 5.45. The summed E-state index contributed by atoms with van der Waals surface area (Å²) < 4.78 is 6.26. The molecule has 2 atom stereocenters. The molecule has 0 spiro atoms. The van der Waals surface area contributed by atoms with Crippen molar-refractivity contribution in [1.29, 1.82) is 0 Å². The van der Waals surface area contributed by atoms with Crippen molar-refractivity contribution in [2.45, 2.75) is 59.2 Å². The minimum absolute atomic E-state index is 0.0320. The van der Waals surface area contributed by atoms with Gasteiger partial charge in [0.15, 0.2) is 0 Å². The molecule has 0 fully saturated rings. The van der Waals surface area contributed by atoms with Gasteiger partial charge in [-0.3, -0.25) is 0 Å². The lowest BCUT2D eigenvalue weighted by Crippen LogP contribution is -2.39. The molecule has 2 aliphatic rings. The fourth-order valence-corrected chi connectivity index (χ4v) is 2.53. The highest BCUT2D eigenvalue weighted by Crippen LogP contribution is 2.41. The van der Waals surface area contributed by atoms with E-state index >= 15 is 0 Å². The van der Waals surface area contributed by atoms with E-state index in [0.717, 1.165) is 35.1 Å². The van der Waals surface area contributed by atoms with Crippen molar-refractivity contribution in [2.75, 3.05) is 0 Å². The molecule has 2 rings (SSSR count). The molecule has 0 aromatic rings. The van der Waals surface area contributed by atoms with E-state index < -0.39 is 0 Å². The van der Waals surface area contributed by atoms with Crippen LogP contribution in [0.5, 0.6) is 0 Å². The summed E-state index contributed by atoms with van der Waals surface area (Å²) in [5.74, 6) is 0.425. The number of hydrogen-bond donors (Lipinski definition) is 1. The number of aliphatic hydroxyl groups excluding tert-OH is 1. The van der Waals surface area contributed by atoms with Crippen LogP contribution in [-0.2, 0) is 4.74 Å². The van der Waals surface area contributed by atoms with Gasteiger partial charge in [0.25, 0.3) is 0 Å². The first-order chi connectivity index (χ1) is 7.89. The van der Waals surface area contributed by atoms with Crippen LogP contribution < -0.4 is 0 Å². The number of allylic oxidation sites excluding steroid dienone is 1. The van der Waals surface area contributed by atoms with Crippen molar-refractivity contribution in [3.63, 3.8) is 0 Å². The Bertz CT molecular complexity index is 440. The molecule has 0 aromatic heterocycles. The van der Waals surface area contributed by atoms with Gasteiger partial charge in [0.05, 0.1) is 5.60 Å². The molecule has 1 N–H and O–H groups in total. The Morgan fingerprint density at radius 3 is 2.59 bits per heavy atom. The monoisotopic (exact) mass is 234 g/mol. The van der Waals surface area contributed by atoms with Crippen LogP contribution in [-0.4, -0.2) is 16.8 Å². The maximum Gasteiger partial charge on any atom is 0.121 e. The molecule has 0 bridgehead atoms. The first-order valence-corrected chi connectivity index (χ1v) is 6.35. The lowest BCUT2D eigenvalue weighted by Gasteiger charge is -2.41. The third-order valence-electron chi connectivity index (χ3n) is 4.31. The Labute approximate surface area is 104 Å². The molecule has 0 aromatic carbocycles. The van der Waals surface area contributed by atoms with Crippen LogP contribution in [0, 0.1) is 0 Å². The molecule has 0 saturated carbocycles. The molecular formula is C15H22O2. The molecule has 0 radical (unpaired) electrons. The Morgan fingerprint density at radius 1 is 1.35 bits per heavy atom. The average Bonchev–Trinajstić information content (AvgIpc) is 2.33. The molecule has 0 saturated heterocycles. The fraction of sp³-hybridized carbons (Fsp3) is 0.600. The van der Waals surface area contributed by atoms with Gasteiger partial charge in [-0.1, -0.05) is 13.0 Å². The number of aliphatic hydroxyl groups is 1. The summed E-state index contributed by atoms with van der Waals surface area (Å²) in [4.78, 5) is 0. The zero-order valence-electron chi connectivity index (χ0n) is 11.4. The normalized spacial score (nSPS) is 33.7. The van der Waals surface area contributed by atoms with Crippen LogP contribution in [0.1, 0.15) is 47.5 Å². The largest absolute Gasteiger partial charge is 0.507 e. The smallest absolute Gasteiger partial charge is 0.121 e. The van der Waals surface area contributed by atoms with E-state index in [1.165, 1.54) is 0 Å². The highest BCUT2D eigenvalue weighted by molar-refractivity contribution is 5.52. The predicted molar refractivity (Wildman–Crippen MR) is 70.0 cm³/mol. The molecule has 1 aliphatic carbocycles. The van der Waals surface area contributed by atoms with Crippen molar-refractivity contribution >= 4 is 0 Å². The van der Waals surface area contributed by atoms with Gasteiger partial charge in [-0.2, -0.15) is 0 Å². The van der Waals surface area contributed by atoms with Gasteiger partial charge in [-0.25, -0.2) is 0 Å². The number of fused-ring (bicyclic) bond motifs is 1. The Balaban J connectivity index is 2.48. The van der Waals surface area contributed by atoms with E-state index in [1.807, 2.05) is 13.8 Å². The lowest BCUT2D eigenvalue weighted by molar-refractivity contribution is -0.0636. The molecule has 2 nitrogen and oxygen atoms in total. The van der Waals surface area contributed by atoms with E-state index in [0.29, 0.717) is 5.76 Å². The van der Waals surface area contributed by atoms with E-state index in [4.69, 9.17) is 4.74 Å². The zero-order chi connectivity index (χ0) is 12.8. The minimum Gasteiger partial charge on any atom is -0.507 e. The summed E-state index contributed by atoms with van der Waals surface area (Å²) in [5, 5.41) is 10.1. The lowest BCUT2D eigenvalue weighted by atomic mass is 9.81. The van der Waals surface area contributed by atoms with Crippen molar-refractivity contribution in [3.05, 3.63) is 34.1 Å². The number of rotatable bonds is 1. The standard InChI is InChI=1S/C15H22O2/c1-6-15(5)8-7-12-11(4)13(16)9(2)10(3)14(12)17-15/h7,14,16H,6,8H2,1-5H3. The molecule has 1 heterocycles. The van der Waals surface area contributed by atoms with Gasteiger partial charge in [-0.05, 0) is 62.8 Å². The van der Waals surface area contributed by atoms with Gasteiger partial charge in [0.2, 0.25) is 0 Å². The van der Waals surface area contributed by atoms with Gasteiger partial charge >= 0.3 is 0 Å². The van der Waals surface area contributed by atoms with E-state index in [9.17, 15) is 5.11 Å². The summed E-state index contributed by atoms with van der Waals surface area (Å²) in [6.07, 6.45) is 4.20. The zero-order valence-corrected chi connectivity index (χ0v) is 11.4. The number of hydrogen-bond acceptors (Lipinski definition) is 2. The van der Waals surface area contributed by atoms with Gasteiger partial charge in [-0.15, -0.1) is 0 Å². The highest BCUT2D eigenvalue weighted by Gasteiger charge is 2.37. The van der Waals surface area contributed by atoms with Crippen molar-refractivity contribution in [3.8, 4) is 0 Å². The van der Waals surface area contributed by atoms with Crippen LogP contribution in [0.15, 0.2) is 34.1 Å². The quantitative estimate of drug-likeness (QED) is 0.741. The first kappa shape index (κ1) is 12.4. The molecule has 0 amide bonds. The van der Waals surface area contributed by atoms with Gasteiger partial charge in [0.1, 0.15) is 11.9 Å². The fourth-order valence-electron chi connectivity index (χ4n) is 2.53. The topological polar surface area (TPSA) is 29.5 Å². The maximum absolute atomic E-state index is 10.1. The SMILES string of the molecule is CCC1(C)CC=C2C(C)=C(O)C(C)=C(C)C2O1. The van der Waals surface area contributed by atoms with E-state index in [1.54, 1.807) is 0 Å².